The number of carbonyl (C=O) groups excluding carboxylic acids is 2. The monoisotopic (exact) mass is 420 g/mol. The molecule has 0 N–H and O–H groups in total. The Balaban J connectivity index is 1.46. The van der Waals surface area contributed by atoms with Gasteiger partial charge in [0.2, 0.25) is 5.91 Å². The van der Waals surface area contributed by atoms with Gasteiger partial charge < -0.3 is 14.4 Å². The number of hydrogen-bond donors (Lipinski definition) is 0. The van der Waals surface area contributed by atoms with Crippen LogP contribution < -0.4 is 5.56 Å². The second-order valence-corrected chi connectivity index (χ2v) is 9.06. The molecular formula is C24H28N4O3. The smallest absolute Gasteiger partial charge is 0.263 e. The van der Waals surface area contributed by atoms with Gasteiger partial charge in [0.15, 0.2) is 0 Å². The molecule has 0 aromatic carbocycles. The standard InChI is InChI=1S/C24H28N4O3/c1-17-9-15-27(19-7-8-19)21(29)20(17)22(30)28-14-5-11-24(28)10-4-13-26(23(24)31)16-18-6-2-3-12-25-18/h2-3,6,9,12,15,19H,4-5,7-8,10-11,13-14,16H2,1H3. The Kier molecular flexibility index (Phi) is 4.91. The lowest BCUT2D eigenvalue weighted by Crippen LogP contribution is -2.61. The minimum absolute atomic E-state index is 0.00800. The topological polar surface area (TPSA) is 75.5 Å². The molecule has 1 unspecified atom stereocenters. The summed E-state index contributed by atoms with van der Waals surface area (Å²) in [4.78, 5) is 48.4. The third kappa shape index (κ3) is 3.36. The summed E-state index contributed by atoms with van der Waals surface area (Å²) in [6.07, 6.45) is 8.40. The van der Waals surface area contributed by atoms with E-state index in [1.54, 1.807) is 21.9 Å². The largest absolute Gasteiger partial charge is 0.335 e. The lowest BCUT2D eigenvalue weighted by atomic mass is 9.84. The summed E-state index contributed by atoms with van der Waals surface area (Å²) in [5, 5.41) is 0. The van der Waals surface area contributed by atoms with Crippen LogP contribution in [0.25, 0.3) is 0 Å². The molecule has 2 aliphatic heterocycles. The Hall–Kier alpha value is -2.96. The third-order valence-electron chi connectivity index (χ3n) is 7.00. The number of pyridine rings is 2. The van der Waals surface area contributed by atoms with E-state index in [1.165, 1.54) is 0 Å². The van der Waals surface area contributed by atoms with Gasteiger partial charge in [-0.05, 0) is 69.2 Å². The maximum atomic E-state index is 13.7. The highest BCUT2D eigenvalue weighted by Gasteiger charge is 2.53. The number of amides is 2. The zero-order chi connectivity index (χ0) is 21.6. The fraction of sp³-hybridized carbons (Fsp3) is 0.500. The van der Waals surface area contributed by atoms with Gasteiger partial charge in [0.05, 0.1) is 12.2 Å². The number of carbonyl (C=O) groups is 2. The average Bonchev–Trinajstić information content (AvgIpc) is 3.52. The van der Waals surface area contributed by atoms with Crippen molar-refractivity contribution in [1.29, 1.82) is 0 Å². The molecular weight excluding hydrogens is 392 g/mol. The summed E-state index contributed by atoms with van der Waals surface area (Å²) in [5.41, 5.74) is 0.689. The SMILES string of the molecule is Cc1ccn(C2CC2)c(=O)c1C(=O)N1CCCC12CCCN(Cc1ccccn1)C2=O. The minimum atomic E-state index is -0.844. The highest BCUT2D eigenvalue weighted by molar-refractivity contribution is 6.00. The van der Waals surface area contributed by atoms with Gasteiger partial charge in [-0.2, -0.15) is 0 Å². The molecule has 7 heteroatoms. The van der Waals surface area contributed by atoms with Crippen LogP contribution in [-0.4, -0.2) is 49.8 Å². The lowest BCUT2D eigenvalue weighted by molar-refractivity contribution is -0.146. The summed E-state index contributed by atoms with van der Waals surface area (Å²) in [6, 6.07) is 7.75. The van der Waals surface area contributed by atoms with E-state index in [4.69, 9.17) is 0 Å². The van der Waals surface area contributed by atoms with Gasteiger partial charge in [-0.25, -0.2) is 0 Å². The molecule has 0 radical (unpaired) electrons. The molecule has 1 atom stereocenters. The quantitative estimate of drug-likeness (QED) is 0.762. The molecule has 2 saturated heterocycles. The zero-order valence-corrected chi connectivity index (χ0v) is 17.9. The summed E-state index contributed by atoms with van der Waals surface area (Å²) < 4.78 is 1.69. The Morgan fingerprint density at radius 3 is 2.61 bits per heavy atom. The summed E-state index contributed by atoms with van der Waals surface area (Å²) in [5.74, 6) is -0.297. The maximum Gasteiger partial charge on any atom is 0.263 e. The third-order valence-corrected chi connectivity index (χ3v) is 7.00. The van der Waals surface area contributed by atoms with E-state index in [9.17, 15) is 14.4 Å². The van der Waals surface area contributed by atoms with Crippen molar-refractivity contribution in [3.63, 3.8) is 0 Å². The molecule has 4 heterocycles. The van der Waals surface area contributed by atoms with Gasteiger partial charge in [0.1, 0.15) is 11.1 Å². The van der Waals surface area contributed by atoms with E-state index in [0.717, 1.165) is 31.4 Å². The van der Waals surface area contributed by atoms with Crippen molar-refractivity contribution in [1.82, 2.24) is 19.4 Å². The number of piperidine rings is 1. The van der Waals surface area contributed by atoms with Crippen LogP contribution in [0.3, 0.4) is 0 Å². The van der Waals surface area contributed by atoms with E-state index < -0.39 is 5.54 Å². The fourth-order valence-corrected chi connectivity index (χ4v) is 5.24. The van der Waals surface area contributed by atoms with E-state index >= 15 is 0 Å². The number of aryl methyl sites for hydroxylation is 1. The summed E-state index contributed by atoms with van der Waals surface area (Å²) in [6.45, 7) is 3.43. The molecule has 5 rings (SSSR count). The van der Waals surface area contributed by atoms with Crippen LogP contribution in [0, 0.1) is 6.92 Å². The molecule has 3 aliphatic rings. The number of aromatic nitrogens is 2. The normalized spacial score (nSPS) is 23.6. The Morgan fingerprint density at radius 1 is 1.13 bits per heavy atom. The number of hydrogen-bond acceptors (Lipinski definition) is 4. The molecule has 2 aromatic heterocycles. The molecule has 2 aromatic rings. The van der Waals surface area contributed by atoms with Crippen LogP contribution >= 0.6 is 0 Å². The Bertz CT molecular complexity index is 1080. The molecule has 0 bridgehead atoms. The van der Waals surface area contributed by atoms with Crippen molar-refractivity contribution in [3.05, 3.63) is 63.8 Å². The van der Waals surface area contributed by atoms with Gasteiger partial charge in [-0.15, -0.1) is 0 Å². The Labute approximate surface area is 181 Å². The van der Waals surface area contributed by atoms with Crippen molar-refractivity contribution < 1.29 is 9.59 Å². The van der Waals surface area contributed by atoms with E-state index in [0.29, 0.717) is 38.0 Å². The van der Waals surface area contributed by atoms with Crippen molar-refractivity contribution in [3.8, 4) is 0 Å². The van der Waals surface area contributed by atoms with Crippen molar-refractivity contribution in [2.45, 2.75) is 63.6 Å². The van der Waals surface area contributed by atoms with Gasteiger partial charge >= 0.3 is 0 Å². The summed E-state index contributed by atoms with van der Waals surface area (Å²) >= 11 is 0. The first kappa shape index (κ1) is 20.0. The molecule has 1 saturated carbocycles. The minimum Gasteiger partial charge on any atom is -0.335 e. The first-order valence-electron chi connectivity index (χ1n) is 11.2. The van der Waals surface area contributed by atoms with E-state index in [2.05, 4.69) is 4.98 Å². The fourth-order valence-electron chi connectivity index (χ4n) is 5.24. The molecule has 1 aliphatic carbocycles. The van der Waals surface area contributed by atoms with Crippen LogP contribution in [0.4, 0.5) is 0 Å². The summed E-state index contributed by atoms with van der Waals surface area (Å²) in [7, 11) is 0. The predicted octanol–water partition coefficient (Wildman–Crippen LogP) is 2.68. The number of likely N-dealkylation sites (tertiary alicyclic amines) is 2. The first-order chi connectivity index (χ1) is 15.0. The second-order valence-electron chi connectivity index (χ2n) is 9.06. The van der Waals surface area contributed by atoms with Gasteiger partial charge in [-0.1, -0.05) is 6.07 Å². The van der Waals surface area contributed by atoms with E-state index in [-0.39, 0.29) is 29.0 Å². The first-order valence-corrected chi connectivity index (χ1v) is 11.2. The molecule has 1 spiro atoms. The van der Waals surface area contributed by atoms with Crippen LogP contribution in [0.5, 0.6) is 0 Å². The van der Waals surface area contributed by atoms with Crippen molar-refractivity contribution in [2.75, 3.05) is 13.1 Å². The van der Waals surface area contributed by atoms with E-state index in [1.807, 2.05) is 36.1 Å². The van der Waals surface area contributed by atoms with Crippen LogP contribution in [-0.2, 0) is 11.3 Å². The average molecular weight is 421 g/mol. The van der Waals surface area contributed by atoms with Crippen LogP contribution in [0.1, 0.15) is 66.2 Å². The highest BCUT2D eigenvalue weighted by Crippen LogP contribution is 2.40. The lowest BCUT2D eigenvalue weighted by Gasteiger charge is -2.44. The molecule has 31 heavy (non-hydrogen) atoms. The van der Waals surface area contributed by atoms with Gasteiger partial charge in [0.25, 0.3) is 11.5 Å². The van der Waals surface area contributed by atoms with Crippen LogP contribution in [0.2, 0.25) is 0 Å². The number of nitrogens with zero attached hydrogens (tertiary/aromatic N) is 4. The predicted molar refractivity (Wildman–Crippen MR) is 116 cm³/mol. The maximum absolute atomic E-state index is 13.7. The second kappa shape index (κ2) is 7.62. The van der Waals surface area contributed by atoms with Crippen molar-refractivity contribution >= 4 is 11.8 Å². The van der Waals surface area contributed by atoms with Crippen LogP contribution in [0.15, 0.2) is 41.5 Å². The highest BCUT2D eigenvalue weighted by atomic mass is 16.2. The molecule has 3 fully saturated rings. The molecule has 2 amide bonds. The number of rotatable bonds is 4. The zero-order valence-electron chi connectivity index (χ0n) is 17.9. The Morgan fingerprint density at radius 2 is 1.90 bits per heavy atom. The van der Waals surface area contributed by atoms with Gasteiger partial charge in [-0.3, -0.25) is 19.4 Å². The van der Waals surface area contributed by atoms with Crippen molar-refractivity contribution in [2.24, 2.45) is 0 Å². The van der Waals surface area contributed by atoms with Gasteiger partial charge in [0, 0.05) is 31.5 Å². The molecule has 7 nitrogen and oxygen atoms in total. The molecule has 162 valence electrons.